The van der Waals surface area contributed by atoms with Gasteiger partial charge in [-0.3, -0.25) is 9.59 Å². The molecule has 1 amide bonds. The van der Waals surface area contributed by atoms with Crippen molar-refractivity contribution in [3.8, 4) is 0 Å². The Bertz CT molecular complexity index is 243. The quantitative estimate of drug-likeness (QED) is 0.336. The van der Waals surface area contributed by atoms with Crippen molar-refractivity contribution in [3.63, 3.8) is 0 Å². The van der Waals surface area contributed by atoms with E-state index >= 15 is 0 Å². The van der Waals surface area contributed by atoms with Crippen molar-refractivity contribution in [1.82, 2.24) is 5.32 Å². The van der Waals surface area contributed by atoms with Gasteiger partial charge < -0.3 is 16.2 Å². The minimum absolute atomic E-state index is 0.474. The van der Waals surface area contributed by atoms with Gasteiger partial charge in [0.2, 0.25) is 5.91 Å². The van der Waals surface area contributed by atoms with Crippen molar-refractivity contribution in [2.45, 2.75) is 30.0 Å². The lowest BCUT2D eigenvalue weighted by molar-refractivity contribution is -0.140. The number of amides is 1. The SMILES string of the molecule is CC(C)(NC(=O)C(S)S)[C@@H](N)C(=O)O. The maximum Gasteiger partial charge on any atom is 0.322 e. The molecule has 0 aromatic rings. The highest BCUT2D eigenvalue weighted by molar-refractivity contribution is 8.00. The Labute approximate surface area is 93.2 Å². The maximum atomic E-state index is 11.2. The fraction of sp³-hybridized carbons (Fsp3) is 0.714. The van der Waals surface area contributed by atoms with Gasteiger partial charge in [-0.05, 0) is 13.8 Å². The van der Waals surface area contributed by atoms with Crippen LogP contribution in [0.25, 0.3) is 0 Å². The van der Waals surface area contributed by atoms with E-state index in [-0.39, 0.29) is 0 Å². The van der Waals surface area contributed by atoms with Gasteiger partial charge in [0.05, 0.1) is 5.54 Å². The summed E-state index contributed by atoms with van der Waals surface area (Å²) in [5.74, 6) is -1.65. The first-order chi connectivity index (χ1) is 6.18. The van der Waals surface area contributed by atoms with Crippen LogP contribution in [0.3, 0.4) is 0 Å². The minimum Gasteiger partial charge on any atom is -0.480 e. The van der Waals surface area contributed by atoms with Crippen molar-refractivity contribution in [2.75, 3.05) is 0 Å². The van der Waals surface area contributed by atoms with Crippen LogP contribution in [0.1, 0.15) is 13.8 Å². The van der Waals surface area contributed by atoms with E-state index in [4.69, 9.17) is 10.8 Å². The summed E-state index contributed by atoms with van der Waals surface area (Å²) >= 11 is 7.58. The molecule has 82 valence electrons. The van der Waals surface area contributed by atoms with E-state index in [0.717, 1.165) is 0 Å². The smallest absolute Gasteiger partial charge is 0.322 e. The number of nitrogens with one attached hydrogen (secondary N) is 1. The Balaban J connectivity index is 4.48. The van der Waals surface area contributed by atoms with Crippen molar-refractivity contribution in [2.24, 2.45) is 5.73 Å². The number of carbonyl (C=O) groups excluding carboxylic acids is 1. The van der Waals surface area contributed by atoms with E-state index in [9.17, 15) is 9.59 Å². The van der Waals surface area contributed by atoms with Gasteiger partial charge in [-0.25, -0.2) is 0 Å². The van der Waals surface area contributed by atoms with Crippen LogP contribution in [0.2, 0.25) is 0 Å². The highest BCUT2D eigenvalue weighted by Gasteiger charge is 2.34. The lowest BCUT2D eigenvalue weighted by Gasteiger charge is -2.30. The normalized spacial score (nSPS) is 13.9. The predicted molar refractivity (Wildman–Crippen MR) is 59.6 cm³/mol. The van der Waals surface area contributed by atoms with Crippen LogP contribution in [-0.4, -0.2) is 33.1 Å². The fourth-order valence-corrected chi connectivity index (χ4v) is 0.898. The topological polar surface area (TPSA) is 92.4 Å². The van der Waals surface area contributed by atoms with Crippen molar-refractivity contribution >= 4 is 37.1 Å². The second-order valence-electron chi connectivity index (χ2n) is 3.40. The Hall–Kier alpha value is -0.400. The molecule has 0 aliphatic heterocycles. The Morgan fingerprint density at radius 3 is 2.14 bits per heavy atom. The van der Waals surface area contributed by atoms with E-state index in [1.54, 1.807) is 0 Å². The number of nitrogens with two attached hydrogens (primary N) is 1. The summed E-state index contributed by atoms with van der Waals surface area (Å²) in [6.45, 7) is 3.04. The van der Waals surface area contributed by atoms with Crippen LogP contribution in [-0.2, 0) is 9.59 Å². The molecule has 0 heterocycles. The number of hydrogen-bond acceptors (Lipinski definition) is 5. The third kappa shape index (κ3) is 3.77. The zero-order valence-electron chi connectivity index (χ0n) is 7.89. The summed E-state index contributed by atoms with van der Waals surface area (Å²) in [6.07, 6.45) is 0. The summed E-state index contributed by atoms with van der Waals surface area (Å²) in [7, 11) is 0. The molecule has 0 bridgehead atoms. The first kappa shape index (κ1) is 13.6. The second-order valence-corrected chi connectivity index (χ2v) is 4.84. The average molecular weight is 238 g/mol. The molecule has 5 nitrogen and oxygen atoms in total. The number of carboxylic acid groups (broad SMARTS) is 1. The third-order valence-electron chi connectivity index (χ3n) is 1.72. The van der Waals surface area contributed by atoms with E-state index in [2.05, 4.69) is 30.6 Å². The second kappa shape index (κ2) is 4.90. The standard InChI is InChI=1S/C7H14N2O3S2/c1-7(2,3(8)5(11)12)9-4(10)6(13)14/h3,6,13-14H,8H2,1-2H3,(H,9,10)(H,11,12)/t3-/m0/s1. The molecule has 0 aromatic heterocycles. The van der Waals surface area contributed by atoms with Crippen LogP contribution >= 0.6 is 25.3 Å². The molecule has 0 aliphatic rings. The van der Waals surface area contributed by atoms with E-state index in [1.807, 2.05) is 0 Å². The van der Waals surface area contributed by atoms with Gasteiger partial charge in [-0.2, -0.15) is 25.3 Å². The van der Waals surface area contributed by atoms with Crippen LogP contribution in [0.5, 0.6) is 0 Å². The van der Waals surface area contributed by atoms with Gasteiger partial charge in [-0.15, -0.1) is 0 Å². The molecule has 0 rings (SSSR count). The Kier molecular flexibility index (Phi) is 4.76. The molecule has 0 aromatic carbocycles. The summed E-state index contributed by atoms with van der Waals surface area (Å²) in [4.78, 5) is 21.8. The molecule has 0 unspecified atom stereocenters. The van der Waals surface area contributed by atoms with E-state index < -0.39 is 28.0 Å². The Morgan fingerprint density at radius 2 is 1.86 bits per heavy atom. The summed E-state index contributed by atoms with van der Waals surface area (Å²) in [6, 6.07) is -1.17. The zero-order chi connectivity index (χ0) is 11.5. The number of aliphatic carboxylic acids is 1. The Morgan fingerprint density at radius 1 is 1.43 bits per heavy atom. The van der Waals surface area contributed by atoms with E-state index in [0.29, 0.717) is 0 Å². The molecule has 4 N–H and O–H groups in total. The van der Waals surface area contributed by atoms with Crippen molar-refractivity contribution in [3.05, 3.63) is 0 Å². The van der Waals surface area contributed by atoms with Crippen LogP contribution in [0, 0.1) is 0 Å². The van der Waals surface area contributed by atoms with Gasteiger partial charge in [0, 0.05) is 0 Å². The molecule has 0 fully saturated rings. The average Bonchev–Trinajstić information content (AvgIpc) is 2.01. The monoisotopic (exact) mass is 238 g/mol. The van der Waals surface area contributed by atoms with Crippen molar-refractivity contribution < 1.29 is 14.7 Å². The first-order valence-corrected chi connectivity index (χ1v) is 4.88. The summed E-state index contributed by atoms with van der Waals surface area (Å²) < 4.78 is -0.796. The molecule has 0 saturated heterocycles. The van der Waals surface area contributed by atoms with Gasteiger partial charge in [0.1, 0.15) is 10.6 Å². The van der Waals surface area contributed by atoms with Crippen LogP contribution in [0.15, 0.2) is 0 Å². The van der Waals surface area contributed by atoms with Crippen LogP contribution in [0.4, 0.5) is 0 Å². The predicted octanol–water partition coefficient (Wildman–Crippen LogP) is -0.521. The van der Waals surface area contributed by atoms with Gasteiger partial charge in [0.25, 0.3) is 0 Å². The number of carboxylic acids is 1. The molecule has 14 heavy (non-hydrogen) atoms. The van der Waals surface area contributed by atoms with Crippen molar-refractivity contribution in [1.29, 1.82) is 0 Å². The van der Waals surface area contributed by atoms with Gasteiger partial charge in [-0.1, -0.05) is 0 Å². The minimum atomic E-state index is -1.18. The highest BCUT2D eigenvalue weighted by atomic mass is 32.2. The maximum absolute atomic E-state index is 11.2. The molecule has 0 saturated carbocycles. The molecular weight excluding hydrogens is 224 g/mol. The number of hydrogen-bond donors (Lipinski definition) is 5. The largest absolute Gasteiger partial charge is 0.480 e. The number of rotatable bonds is 4. The molecular formula is C7H14N2O3S2. The van der Waals surface area contributed by atoms with E-state index in [1.165, 1.54) is 13.8 Å². The molecule has 0 aliphatic carbocycles. The lowest BCUT2D eigenvalue weighted by atomic mass is 9.95. The molecule has 7 heteroatoms. The number of carbonyl (C=O) groups is 2. The zero-order valence-corrected chi connectivity index (χ0v) is 9.68. The third-order valence-corrected chi connectivity index (χ3v) is 2.19. The number of thiol groups is 2. The lowest BCUT2D eigenvalue weighted by Crippen LogP contribution is -2.60. The highest BCUT2D eigenvalue weighted by Crippen LogP contribution is 2.10. The molecule has 0 spiro atoms. The van der Waals surface area contributed by atoms with Crippen LogP contribution < -0.4 is 11.1 Å². The summed E-state index contributed by atoms with van der Waals surface area (Å²) in [5, 5.41) is 11.1. The van der Waals surface area contributed by atoms with Gasteiger partial charge in [0.15, 0.2) is 0 Å². The van der Waals surface area contributed by atoms with Gasteiger partial charge >= 0.3 is 5.97 Å². The fourth-order valence-electron chi connectivity index (χ4n) is 0.769. The molecule has 0 radical (unpaired) electrons. The first-order valence-electron chi connectivity index (χ1n) is 3.85. The molecule has 1 atom stereocenters. The summed E-state index contributed by atoms with van der Waals surface area (Å²) in [5.41, 5.74) is 4.34.